The number of carboxylic acid groups (broad SMARTS) is 1. The fourth-order valence-electron chi connectivity index (χ4n) is 1.78. The zero-order chi connectivity index (χ0) is 13.6. The summed E-state index contributed by atoms with van der Waals surface area (Å²) in [6, 6.07) is 3.54. The summed E-state index contributed by atoms with van der Waals surface area (Å²) in [7, 11) is 0. The van der Waals surface area contributed by atoms with E-state index in [9.17, 15) is 9.59 Å². The lowest BCUT2D eigenvalue weighted by atomic mass is 9.96. The maximum Gasteiger partial charge on any atom is 0.329 e. The van der Waals surface area contributed by atoms with Gasteiger partial charge in [-0.25, -0.2) is 4.79 Å². The number of carboxylic acids is 1. The van der Waals surface area contributed by atoms with Gasteiger partial charge in [-0.05, 0) is 25.5 Å². The van der Waals surface area contributed by atoms with E-state index in [-0.39, 0.29) is 12.3 Å². The van der Waals surface area contributed by atoms with E-state index in [4.69, 9.17) is 9.52 Å². The fourth-order valence-corrected chi connectivity index (χ4v) is 1.78. The Morgan fingerprint density at radius 1 is 1.50 bits per heavy atom. The first-order valence-corrected chi connectivity index (χ1v) is 6.04. The number of aryl methyl sites for hydroxylation is 1. The summed E-state index contributed by atoms with van der Waals surface area (Å²) in [5.41, 5.74) is -1.19. The Bertz CT molecular complexity index is 399. The number of hydrogen-bond acceptors (Lipinski definition) is 3. The minimum atomic E-state index is -1.19. The monoisotopic (exact) mass is 253 g/mol. The Hall–Kier alpha value is -1.78. The molecule has 0 spiro atoms. The molecule has 1 amide bonds. The van der Waals surface area contributed by atoms with Crippen molar-refractivity contribution in [2.24, 2.45) is 0 Å². The first-order valence-electron chi connectivity index (χ1n) is 6.04. The van der Waals surface area contributed by atoms with Gasteiger partial charge in [0.05, 0.1) is 6.26 Å². The Morgan fingerprint density at radius 2 is 2.22 bits per heavy atom. The molecule has 1 heterocycles. The van der Waals surface area contributed by atoms with Crippen LogP contribution in [-0.4, -0.2) is 22.5 Å². The number of hydrogen-bond donors (Lipinski definition) is 2. The molecule has 2 N–H and O–H groups in total. The lowest BCUT2D eigenvalue weighted by Gasteiger charge is -2.25. The van der Waals surface area contributed by atoms with E-state index in [0.29, 0.717) is 19.3 Å². The molecule has 0 bridgehead atoms. The third-order valence-electron chi connectivity index (χ3n) is 2.82. The number of aliphatic carboxylic acids is 1. The molecule has 1 rings (SSSR count). The standard InChI is InChI=1S/C13H19NO4/c1-3-8-13(2,12(16)17)14-11(15)7-6-10-5-4-9-18-10/h4-5,9H,3,6-8H2,1-2H3,(H,14,15)(H,16,17). The zero-order valence-electron chi connectivity index (χ0n) is 10.7. The molecule has 0 saturated heterocycles. The van der Waals surface area contributed by atoms with Crippen molar-refractivity contribution < 1.29 is 19.1 Å². The van der Waals surface area contributed by atoms with Crippen LogP contribution in [0.25, 0.3) is 0 Å². The number of nitrogens with one attached hydrogen (secondary N) is 1. The number of carbonyl (C=O) groups is 2. The minimum Gasteiger partial charge on any atom is -0.480 e. The lowest BCUT2D eigenvalue weighted by Crippen LogP contribution is -2.52. The van der Waals surface area contributed by atoms with E-state index in [1.165, 1.54) is 6.92 Å². The van der Waals surface area contributed by atoms with Crippen molar-refractivity contribution >= 4 is 11.9 Å². The molecule has 1 atom stereocenters. The van der Waals surface area contributed by atoms with Gasteiger partial charge in [-0.2, -0.15) is 0 Å². The largest absolute Gasteiger partial charge is 0.480 e. The molecule has 0 radical (unpaired) electrons. The first kappa shape index (κ1) is 14.3. The Labute approximate surface area is 106 Å². The van der Waals surface area contributed by atoms with Gasteiger partial charge in [0, 0.05) is 12.8 Å². The Morgan fingerprint density at radius 3 is 2.72 bits per heavy atom. The molecular weight excluding hydrogens is 234 g/mol. The van der Waals surface area contributed by atoms with Crippen LogP contribution in [0.2, 0.25) is 0 Å². The van der Waals surface area contributed by atoms with Gasteiger partial charge in [0.2, 0.25) is 5.91 Å². The SMILES string of the molecule is CCCC(C)(NC(=O)CCc1ccco1)C(=O)O. The molecule has 5 heteroatoms. The van der Waals surface area contributed by atoms with Gasteiger partial charge in [-0.3, -0.25) is 4.79 Å². The smallest absolute Gasteiger partial charge is 0.329 e. The topological polar surface area (TPSA) is 79.5 Å². The van der Waals surface area contributed by atoms with Crippen LogP contribution in [0.4, 0.5) is 0 Å². The normalized spacial score (nSPS) is 13.9. The van der Waals surface area contributed by atoms with E-state index in [0.717, 1.165) is 5.76 Å². The van der Waals surface area contributed by atoms with Gasteiger partial charge in [0.1, 0.15) is 11.3 Å². The summed E-state index contributed by atoms with van der Waals surface area (Å²) in [5.74, 6) is -0.557. The van der Waals surface area contributed by atoms with E-state index in [1.807, 2.05) is 6.92 Å². The van der Waals surface area contributed by atoms with Crippen LogP contribution < -0.4 is 5.32 Å². The van der Waals surface area contributed by atoms with E-state index in [1.54, 1.807) is 18.4 Å². The average Bonchev–Trinajstić information content (AvgIpc) is 2.79. The van der Waals surface area contributed by atoms with Crippen molar-refractivity contribution in [1.29, 1.82) is 0 Å². The van der Waals surface area contributed by atoms with Crippen molar-refractivity contribution in [3.05, 3.63) is 24.2 Å². The molecule has 0 aromatic carbocycles. The summed E-state index contributed by atoms with van der Waals surface area (Å²) in [5, 5.41) is 11.7. The highest BCUT2D eigenvalue weighted by atomic mass is 16.4. The van der Waals surface area contributed by atoms with Crippen LogP contribution in [0.15, 0.2) is 22.8 Å². The summed E-state index contributed by atoms with van der Waals surface area (Å²) in [6.07, 6.45) is 3.35. The fraction of sp³-hybridized carbons (Fsp3) is 0.538. The highest BCUT2D eigenvalue weighted by molar-refractivity contribution is 5.86. The molecule has 0 aliphatic heterocycles. The van der Waals surface area contributed by atoms with Crippen molar-refractivity contribution in [2.45, 2.75) is 45.1 Å². The number of amides is 1. The predicted octanol–water partition coefficient (Wildman–Crippen LogP) is 1.97. The molecule has 1 aromatic heterocycles. The molecule has 5 nitrogen and oxygen atoms in total. The van der Waals surface area contributed by atoms with Crippen LogP contribution >= 0.6 is 0 Å². The van der Waals surface area contributed by atoms with Gasteiger partial charge >= 0.3 is 5.97 Å². The van der Waals surface area contributed by atoms with Crippen LogP contribution in [0, 0.1) is 0 Å². The summed E-state index contributed by atoms with van der Waals surface area (Å²) >= 11 is 0. The van der Waals surface area contributed by atoms with Crippen LogP contribution in [0.5, 0.6) is 0 Å². The molecule has 0 fully saturated rings. The Kier molecular flexibility index (Phi) is 4.95. The quantitative estimate of drug-likeness (QED) is 0.778. The van der Waals surface area contributed by atoms with Crippen LogP contribution in [-0.2, 0) is 16.0 Å². The zero-order valence-corrected chi connectivity index (χ0v) is 10.7. The highest BCUT2D eigenvalue weighted by Crippen LogP contribution is 2.13. The third kappa shape index (κ3) is 3.91. The van der Waals surface area contributed by atoms with Gasteiger partial charge in [-0.1, -0.05) is 13.3 Å². The van der Waals surface area contributed by atoms with Crippen LogP contribution in [0.3, 0.4) is 0 Å². The second-order valence-electron chi connectivity index (χ2n) is 4.51. The third-order valence-corrected chi connectivity index (χ3v) is 2.82. The molecule has 1 aromatic rings. The summed E-state index contributed by atoms with van der Waals surface area (Å²) < 4.78 is 5.11. The molecular formula is C13H19NO4. The van der Waals surface area contributed by atoms with Gasteiger partial charge in [-0.15, -0.1) is 0 Å². The number of furan rings is 1. The summed E-state index contributed by atoms with van der Waals surface area (Å²) in [4.78, 5) is 22.9. The van der Waals surface area contributed by atoms with E-state index < -0.39 is 11.5 Å². The summed E-state index contributed by atoms with van der Waals surface area (Å²) in [6.45, 7) is 3.42. The highest BCUT2D eigenvalue weighted by Gasteiger charge is 2.33. The maximum atomic E-state index is 11.7. The van der Waals surface area contributed by atoms with Crippen molar-refractivity contribution in [3.63, 3.8) is 0 Å². The van der Waals surface area contributed by atoms with E-state index in [2.05, 4.69) is 5.32 Å². The first-order chi connectivity index (χ1) is 8.48. The lowest BCUT2D eigenvalue weighted by molar-refractivity contribution is -0.147. The van der Waals surface area contributed by atoms with E-state index >= 15 is 0 Å². The van der Waals surface area contributed by atoms with Gasteiger partial charge in [0.15, 0.2) is 0 Å². The molecule has 0 aliphatic carbocycles. The second-order valence-corrected chi connectivity index (χ2v) is 4.51. The minimum absolute atomic E-state index is 0.222. The molecule has 100 valence electrons. The second kappa shape index (κ2) is 6.23. The molecule has 18 heavy (non-hydrogen) atoms. The van der Waals surface area contributed by atoms with Crippen molar-refractivity contribution in [2.75, 3.05) is 0 Å². The molecule has 1 unspecified atom stereocenters. The van der Waals surface area contributed by atoms with Gasteiger partial charge in [0.25, 0.3) is 0 Å². The maximum absolute atomic E-state index is 11.7. The average molecular weight is 253 g/mol. The van der Waals surface area contributed by atoms with Crippen LogP contribution in [0.1, 0.15) is 38.9 Å². The number of carbonyl (C=O) groups excluding carboxylic acids is 1. The van der Waals surface area contributed by atoms with Crippen molar-refractivity contribution in [3.8, 4) is 0 Å². The van der Waals surface area contributed by atoms with Gasteiger partial charge < -0.3 is 14.8 Å². The van der Waals surface area contributed by atoms with Crippen molar-refractivity contribution in [1.82, 2.24) is 5.32 Å². The number of rotatable bonds is 7. The molecule has 0 aliphatic rings. The Balaban J connectivity index is 2.49. The predicted molar refractivity (Wildman–Crippen MR) is 66.1 cm³/mol. The molecule has 0 saturated carbocycles.